The minimum absolute atomic E-state index is 0.0000673. The first kappa shape index (κ1) is 31.9. The van der Waals surface area contributed by atoms with Gasteiger partial charge in [0.05, 0.1) is 31.3 Å². The van der Waals surface area contributed by atoms with Crippen LogP contribution in [-0.4, -0.2) is 112 Å². The van der Waals surface area contributed by atoms with Gasteiger partial charge in [0.15, 0.2) is 17.8 Å². The molecule has 2 aromatic rings. The zero-order valence-electron chi connectivity index (χ0n) is 23.3. The van der Waals surface area contributed by atoms with Crippen LogP contribution >= 0.6 is 0 Å². The Morgan fingerprint density at radius 3 is 2.36 bits per heavy atom. The fraction of sp³-hybridized carbons (Fsp3) is 0.500. The Morgan fingerprint density at radius 2 is 1.69 bits per heavy atom. The summed E-state index contributed by atoms with van der Waals surface area (Å²) < 4.78 is 28.6. The number of methoxy groups -OCH3 is 1. The third kappa shape index (κ3) is 7.28. The summed E-state index contributed by atoms with van der Waals surface area (Å²) in [6.45, 7) is 1.01. The number of hydrogen-bond donors (Lipinski definition) is 6. The Balaban J connectivity index is 1.56. The number of ether oxygens (including phenoxy) is 5. The normalized spacial score (nSPS) is 33.5. The second-order valence-corrected chi connectivity index (χ2v) is 10.4. The predicted octanol–water partition coefficient (Wildman–Crippen LogP) is 0.500. The molecule has 2 heterocycles. The van der Waals surface area contributed by atoms with Crippen LogP contribution in [0, 0.1) is 5.92 Å². The lowest BCUT2D eigenvalue weighted by Gasteiger charge is -2.50. The van der Waals surface area contributed by atoms with E-state index in [2.05, 4.69) is 0 Å². The highest BCUT2D eigenvalue weighted by molar-refractivity contribution is 5.87. The van der Waals surface area contributed by atoms with Crippen LogP contribution in [-0.2, 0) is 34.9 Å². The molecule has 12 heteroatoms. The number of benzene rings is 2. The van der Waals surface area contributed by atoms with Gasteiger partial charge in [-0.05, 0) is 42.7 Å². The number of esters is 1. The zero-order chi connectivity index (χ0) is 30.4. The Hall–Kier alpha value is -3.07. The number of hydrogen-bond acceptors (Lipinski definition) is 12. The lowest BCUT2D eigenvalue weighted by atomic mass is 9.78. The first-order valence-electron chi connectivity index (χ1n) is 13.7. The van der Waals surface area contributed by atoms with Gasteiger partial charge in [-0.25, -0.2) is 4.79 Å². The third-order valence-corrected chi connectivity index (χ3v) is 7.59. The summed E-state index contributed by atoms with van der Waals surface area (Å²) in [5.74, 6) is -2.55. The molecule has 2 aromatic carbocycles. The average Bonchev–Trinajstić information content (AvgIpc) is 2.98. The van der Waals surface area contributed by atoms with Crippen molar-refractivity contribution in [2.24, 2.45) is 5.92 Å². The highest BCUT2D eigenvalue weighted by atomic mass is 16.7. The SMILES string of the molecule is CO[C@@H]1[C@@H](O)[C@@H](O)C([C@H]2C(OC(=O)/C=C/c3ccccc3)[C@@H](CO)O[C@@H](OCCc3ccc(O)c(O)c3)[C@@H]2O)O[C@H]1C. The molecule has 0 aromatic heterocycles. The summed E-state index contributed by atoms with van der Waals surface area (Å²) >= 11 is 0. The van der Waals surface area contributed by atoms with Crippen LogP contribution in [0.1, 0.15) is 18.1 Å². The summed E-state index contributed by atoms with van der Waals surface area (Å²) in [5.41, 5.74) is 1.38. The largest absolute Gasteiger partial charge is 0.504 e. The highest BCUT2D eigenvalue weighted by Gasteiger charge is 2.56. The van der Waals surface area contributed by atoms with Gasteiger partial charge in [0, 0.05) is 13.2 Å². The molecule has 2 fully saturated rings. The van der Waals surface area contributed by atoms with Crippen LogP contribution in [0.25, 0.3) is 6.08 Å². The van der Waals surface area contributed by atoms with Crippen molar-refractivity contribution in [1.29, 1.82) is 0 Å². The molecule has 0 bridgehead atoms. The van der Waals surface area contributed by atoms with Crippen molar-refractivity contribution in [2.75, 3.05) is 20.3 Å². The van der Waals surface area contributed by atoms with Crippen LogP contribution in [0.15, 0.2) is 54.6 Å². The molecule has 0 aliphatic carbocycles. The van der Waals surface area contributed by atoms with Crippen LogP contribution in [0.5, 0.6) is 11.5 Å². The molecule has 230 valence electrons. The Labute approximate surface area is 243 Å². The number of carbonyl (C=O) groups excluding carboxylic acids is 1. The maximum absolute atomic E-state index is 12.9. The molecule has 2 aliphatic rings. The van der Waals surface area contributed by atoms with Crippen molar-refractivity contribution < 1.29 is 59.1 Å². The standard InChI is InChI=1S/C30H38O12/c1-16-27(38-2)25(36)26(37)29(40-16)23-24(35)30(39-13-12-18-8-10-19(32)20(33)14-18)41-21(15-31)28(23)42-22(34)11-9-17-6-4-3-5-7-17/h3-11,14,16,21,23-33,35-37H,12-13,15H2,1-2H3/b11-9+/t16-,21+,23+,24+,25-,26+,27-,28?,29?,30+/m0/s1. The molecule has 0 saturated carbocycles. The second kappa shape index (κ2) is 14.4. The fourth-order valence-electron chi connectivity index (χ4n) is 5.42. The molecule has 2 unspecified atom stereocenters. The molecule has 2 aliphatic heterocycles. The Morgan fingerprint density at radius 1 is 0.952 bits per heavy atom. The number of aliphatic hydroxyl groups is 4. The molecule has 10 atom stereocenters. The van der Waals surface area contributed by atoms with Gasteiger partial charge in [0.1, 0.15) is 36.6 Å². The predicted molar refractivity (Wildman–Crippen MR) is 147 cm³/mol. The summed E-state index contributed by atoms with van der Waals surface area (Å²) in [6, 6.07) is 13.3. The van der Waals surface area contributed by atoms with Gasteiger partial charge in [-0.2, -0.15) is 0 Å². The first-order chi connectivity index (χ1) is 20.1. The molecular weight excluding hydrogens is 552 g/mol. The van der Waals surface area contributed by atoms with Gasteiger partial charge in [0.25, 0.3) is 0 Å². The van der Waals surface area contributed by atoms with Crippen molar-refractivity contribution in [1.82, 2.24) is 0 Å². The minimum atomic E-state index is -1.55. The van der Waals surface area contributed by atoms with E-state index in [9.17, 15) is 35.4 Å². The van der Waals surface area contributed by atoms with Crippen molar-refractivity contribution in [3.8, 4) is 11.5 Å². The van der Waals surface area contributed by atoms with Crippen LogP contribution in [0.4, 0.5) is 0 Å². The number of aromatic hydroxyl groups is 2. The lowest BCUT2D eigenvalue weighted by Crippen LogP contribution is -2.67. The number of phenolic OH excluding ortho intramolecular Hbond substituents is 2. The monoisotopic (exact) mass is 590 g/mol. The molecule has 6 N–H and O–H groups in total. The van der Waals surface area contributed by atoms with Crippen molar-refractivity contribution in [3.63, 3.8) is 0 Å². The Bertz CT molecular complexity index is 1190. The molecule has 2 saturated heterocycles. The second-order valence-electron chi connectivity index (χ2n) is 10.4. The van der Waals surface area contributed by atoms with E-state index in [1.807, 2.05) is 6.07 Å². The van der Waals surface area contributed by atoms with Gasteiger partial charge in [-0.1, -0.05) is 36.4 Å². The van der Waals surface area contributed by atoms with E-state index in [0.717, 1.165) is 5.56 Å². The summed E-state index contributed by atoms with van der Waals surface area (Å²) in [5, 5.41) is 62.8. The zero-order valence-corrected chi connectivity index (χ0v) is 23.3. The van der Waals surface area contributed by atoms with Crippen molar-refractivity contribution in [3.05, 3.63) is 65.7 Å². The molecule has 12 nitrogen and oxygen atoms in total. The van der Waals surface area contributed by atoms with E-state index in [0.29, 0.717) is 5.56 Å². The molecule has 0 spiro atoms. The van der Waals surface area contributed by atoms with Crippen molar-refractivity contribution >= 4 is 12.0 Å². The number of rotatable bonds is 10. The highest BCUT2D eigenvalue weighted by Crippen LogP contribution is 2.38. The van der Waals surface area contributed by atoms with Crippen molar-refractivity contribution in [2.45, 2.75) is 68.5 Å². The van der Waals surface area contributed by atoms with E-state index in [1.165, 1.54) is 25.3 Å². The van der Waals surface area contributed by atoms with Crippen LogP contribution in [0.2, 0.25) is 0 Å². The van der Waals surface area contributed by atoms with E-state index in [4.69, 9.17) is 23.7 Å². The maximum Gasteiger partial charge on any atom is 0.331 e. The first-order valence-corrected chi connectivity index (χ1v) is 13.7. The number of aliphatic hydroxyl groups excluding tert-OH is 4. The summed E-state index contributed by atoms with van der Waals surface area (Å²) in [6.07, 6.45) is -8.11. The Kier molecular flexibility index (Phi) is 10.9. The molecule has 0 amide bonds. The quantitative estimate of drug-likeness (QED) is 0.128. The van der Waals surface area contributed by atoms with E-state index in [1.54, 1.807) is 43.3 Å². The van der Waals surface area contributed by atoms with Crippen LogP contribution < -0.4 is 0 Å². The molecular formula is C30H38O12. The molecule has 0 radical (unpaired) electrons. The van der Waals surface area contributed by atoms with E-state index < -0.39 is 73.6 Å². The maximum atomic E-state index is 12.9. The minimum Gasteiger partial charge on any atom is -0.504 e. The van der Waals surface area contributed by atoms with Crippen LogP contribution in [0.3, 0.4) is 0 Å². The third-order valence-electron chi connectivity index (χ3n) is 7.59. The smallest absolute Gasteiger partial charge is 0.331 e. The van der Waals surface area contributed by atoms with E-state index in [-0.39, 0.29) is 24.5 Å². The van der Waals surface area contributed by atoms with Gasteiger partial charge >= 0.3 is 5.97 Å². The molecule has 42 heavy (non-hydrogen) atoms. The number of carbonyl (C=O) groups is 1. The summed E-state index contributed by atoms with van der Waals surface area (Å²) in [4.78, 5) is 12.9. The average molecular weight is 591 g/mol. The lowest BCUT2D eigenvalue weighted by molar-refractivity contribution is -0.324. The van der Waals surface area contributed by atoms with Gasteiger partial charge in [-0.3, -0.25) is 0 Å². The topological polar surface area (TPSA) is 185 Å². The van der Waals surface area contributed by atoms with Gasteiger partial charge < -0.3 is 54.3 Å². The van der Waals surface area contributed by atoms with Gasteiger partial charge in [0.2, 0.25) is 0 Å². The fourth-order valence-corrected chi connectivity index (χ4v) is 5.42. The number of phenols is 2. The van der Waals surface area contributed by atoms with Gasteiger partial charge in [-0.15, -0.1) is 0 Å². The van der Waals surface area contributed by atoms with E-state index >= 15 is 0 Å². The summed E-state index contributed by atoms with van der Waals surface area (Å²) in [7, 11) is 1.37. The molecule has 4 rings (SSSR count).